The van der Waals surface area contributed by atoms with E-state index in [1.54, 1.807) is 0 Å². The van der Waals surface area contributed by atoms with Crippen molar-refractivity contribution in [2.45, 2.75) is 6.92 Å². The summed E-state index contributed by atoms with van der Waals surface area (Å²) in [5.41, 5.74) is 6.15. The number of nitrogens with two attached hydrogens (primary N) is 1. The Hall–Kier alpha value is -1.82. The maximum absolute atomic E-state index is 10.7. The number of carboxylic acid groups (broad SMARTS) is 1. The van der Waals surface area contributed by atoms with E-state index in [0.717, 1.165) is 13.1 Å². The van der Waals surface area contributed by atoms with Crippen LogP contribution in [-0.4, -0.2) is 47.6 Å². The summed E-state index contributed by atoms with van der Waals surface area (Å²) in [5, 5.41) is 11.8. The standard InChI is InChI=1S/C11H18N4O2/c1-3-15(2)5-4-13-10-9(12)6-8(7-14-10)11(16)17/h6-7H,3-5,12H2,1-2H3,(H,13,14)(H,16,17). The van der Waals surface area contributed by atoms with Crippen LogP contribution in [0.1, 0.15) is 17.3 Å². The maximum atomic E-state index is 10.7. The molecule has 0 aliphatic rings. The number of carboxylic acids is 1. The zero-order valence-corrected chi connectivity index (χ0v) is 10.1. The molecule has 94 valence electrons. The highest BCUT2D eigenvalue weighted by molar-refractivity contribution is 5.89. The predicted molar refractivity (Wildman–Crippen MR) is 67.3 cm³/mol. The summed E-state index contributed by atoms with van der Waals surface area (Å²) in [6, 6.07) is 1.40. The number of nitrogens with one attached hydrogen (secondary N) is 1. The number of carbonyl (C=O) groups is 1. The molecule has 0 aromatic carbocycles. The van der Waals surface area contributed by atoms with Gasteiger partial charge in [0.15, 0.2) is 0 Å². The first-order chi connectivity index (χ1) is 8.04. The second kappa shape index (κ2) is 6.05. The molecule has 0 unspecified atom stereocenters. The Morgan fingerprint density at radius 3 is 2.88 bits per heavy atom. The molecule has 6 heteroatoms. The molecule has 6 nitrogen and oxygen atoms in total. The van der Waals surface area contributed by atoms with Crippen molar-refractivity contribution in [1.29, 1.82) is 0 Å². The largest absolute Gasteiger partial charge is 0.478 e. The van der Waals surface area contributed by atoms with Gasteiger partial charge in [-0.2, -0.15) is 0 Å². The molecule has 0 radical (unpaired) electrons. The third-order valence-electron chi connectivity index (χ3n) is 2.49. The van der Waals surface area contributed by atoms with Crippen molar-refractivity contribution in [3.05, 3.63) is 17.8 Å². The smallest absolute Gasteiger partial charge is 0.337 e. The Labute approximate surface area is 100 Å². The van der Waals surface area contributed by atoms with Gasteiger partial charge in [-0.3, -0.25) is 0 Å². The summed E-state index contributed by atoms with van der Waals surface area (Å²) in [6.45, 7) is 4.64. The Balaban J connectivity index is 2.57. The van der Waals surface area contributed by atoms with Gasteiger partial charge in [0.25, 0.3) is 0 Å². The lowest BCUT2D eigenvalue weighted by atomic mass is 10.2. The van der Waals surface area contributed by atoms with Crippen molar-refractivity contribution in [3.63, 3.8) is 0 Å². The molecular formula is C11H18N4O2. The number of nitrogen functional groups attached to an aromatic ring is 1. The van der Waals surface area contributed by atoms with E-state index in [-0.39, 0.29) is 5.56 Å². The highest BCUT2D eigenvalue weighted by atomic mass is 16.4. The molecule has 0 atom stereocenters. The lowest BCUT2D eigenvalue weighted by Crippen LogP contribution is -2.25. The summed E-state index contributed by atoms with van der Waals surface area (Å²) < 4.78 is 0. The summed E-state index contributed by atoms with van der Waals surface area (Å²) in [4.78, 5) is 16.8. The molecule has 0 saturated carbocycles. The molecule has 0 fully saturated rings. The minimum absolute atomic E-state index is 0.0960. The van der Waals surface area contributed by atoms with Gasteiger partial charge in [-0.15, -0.1) is 0 Å². The van der Waals surface area contributed by atoms with E-state index >= 15 is 0 Å². The predicted octanol–water partition coefficient (Wildman–Crippen LogP) is 0.726. The van der Waals surface area contributed by atoms with Crippen molar-refractivity contribution < 1.29 is 9.90 Å². The fourth-order valence-electron chi connectivity index (χ4n) is 1.27. The molecule has 1 aromatic rings. The van der Waals surface area contributed by atoms with Crippen molar-refractivity contribution in [2.24, 2.45) is 0 Å². The average molecular weight is 238 g/mol. The van der Waals surface area contributed by atoms with Crippen LogP contribution in [0.4, 0.5) is 11.5 Å². The van der Waals surface area contributed by atoms with Crippen LogP contribution in [0.2, 0.25) is 0 Å². The number of pyridine rings is 1. The Bertz CT molecular complexity index is 395. The highest BCUT2D eigenvalue weighted by Gasteiger charge is 2.07. The summed E-state index contributed by atoms with van der Waals surface area (Å²) in [6.07, 6.45) is 1.30. The normalized spacial score (nSPS) is 10.5. The van der Waals surface area contributed by atoms with Crippen molar-refractivity contribution in [1.82, 2.24) is 9.88 Å². The Morgan fingerprint density at radius 2 is 2.35 bits per heavy atom. The second-order valence-corrected chi connectivity index (χ2v) is 3.79. The summed E-state index contributed by atoms with van der Waals surface area (Å²) in [7, 11) is 2.02. The molecular weight excluding hydrogens is 220 g/mol. The molecule has 4 N–H and O–H groups in total. The molecule has 0 saturated heterocycles. The first-order valence-electron chi connectivity index (χ1n) is 5.45. The van der Waals surface area contributed by atoms with Gasteiger partial charge in [-0.05, 0) is 19.7 Å². The van der Waals surface area contributed by atoms with Gasteiger partial charge in [-0.1, -0.05) is 6.92 Å². The van der Waals surface area contributed by atoms with Crippen molar-refractivity contribution >= 4 is 17.5 Å². The Morgan fingerprint density at radius 1 is 1.65 bits per heavy atom. The molecule has 0 amide bonds. The van der Waals surface area contributed by atoms with Gasteiger partial charge < -0.3 is 21.1 Å². The van der Waals surface area contributed by atoms with E-state index in [4.69, 9.17) is 10.8 Å². The van der Waals surface area contributed by atoms with E-state index in [0.29, 0.717) is 18.1 Å². The first-order valence-corrected chi connectivity index (χ1v) is 5.45. The van der Waals surface area contributed by atoms with Crippen molar-refractivity contribution in [2.75, 3.05) is 37.7 Å². The van der Waals surface area contributed by atoms with Crippen LogP contribution in [0.15, 0.2) is 12.3 Å². The molecule has 1 rings (SSSR count). The topological polar surface area (TPSA) is 91.5 Å². The van der Waals surface area contributed by atoms with Gasteiger partial charge in [-0.25, -0.2) is 9.78 Å². The van der Waals surface area contributed by atoms with Crippen LogP contribution in [-0.2, 0) is 0 Å². The molecule has 0 aliphatic carbocycles. The molecule has 0 aliphatic heterocycles. The molecule has 0 spiro atoms. The number of hydrogen-bond donors (Lipinski definition) is 3. The van der Waals surface area contributed by atoms with Crippen LogP contribution < -0.4 is 11.1 Å². The molecule has 1 heterocycles. The lowest BCUT2D eigenvalue weighted by molar-refractivity contribution is 0.0696. The second-order valence-electron chi connectivity index (χ2n) is 3.79. The van der Waals surface area contributed by atoms with Gasteiger partial charge in [0.05, 0.1) is 11.3 Å². The minimum atomic E-state index is -1.03. The molecule has 17 heavy (non-hydrogen) atoms. The monoisotopic (exact) mass is 238 g/mol. The fourth-order valence-corrected chi connectivity index (χ4v) is 1.27. The number of nitrogens with zero attached hydrogens (tertiary/aromatic N) is 2. The number of likely N-dealkylation sites (N-methyl/N-ethyl adjacent to an activating group) is 1. The zero-order chi connectivity index (χ0) is 12.8. The number of rotatable bonds is 6. The van der Waals surface area contributed by atoms with Gasteiger partial charge in [0.2, 0.25) is 0 Å². The van der Waals surface area contributed by atoms with Gasteiger partial charge in [0.1, 0.15) is 5.82 Å². The summed E-state index contributed by atoms with van der Waals surface area (Å²) in [5.74, 6) is -0.499. The van der Waals surface area contributed by atoms with E-state index in [1.807, 2.05) is 7.05 Å². The van der Waals surface area contributed by atoms with Crippen LogP contribution in [0, 0.1) is 0 Å². The lowest BCUT2D eigenvalue weighted by Gasteiger charge is -2.15. The quantitative estimate of drug-likeness (QED) is 0.676. The third kappa shape index (κ3) is 3.92. The zero-order valence-electron chi connectivity index (χ0n) is 10.1. The van der Waals surface area contributed by atoms with Gasteiger partial charge >= 0.3 is 5.97 Å². The minimum Gasteiger partial charge on any atom is -0.478 e. The summed E-state index contributed by atoms with van der Waals surface area (Å²) >= 11 is 0. The van der Waals surface area contributed by atoms with E-state index < -0.39 is 5.97 Å². The number of hydrogen-bond acceptors (Lipinski definition) is 5. The van der Waals surface area contributed by atoms with E-state index in [1.165, 1.54) is 12.3 Å². The third-order valence-corrected chi connectivity index (χ3v) is 2.49. The van der Waals surface area contributed by atoms with Crippen LogP contribution in [0.5, 0.6) is 0 Å². The maximum Gasteiger partial charge on any atom is 0.337 e. The number of aromatic nitrogens is 1. The molecule has 1 aromatic heterocycles. The Kier molecular flexibility index (Phi) is 4.71. The fraction of sp³-hybridized carbons (Fsp3) is 0.455. The van der Waals surface area contributed by atoms with Crippen LogP contribution >= 0.6 is 0 Å². The van der Waals surface area contributed by atoms with Crippen LogP contribution in [0.3, 0.4) is 0 Å². The van der Waals surface area contributed by atoms with E-state index in [9.17, 15) is 4.79 Å². The number of anilines is 2. The molecule has 0 bridgehead atoms. The first kappa shape index (κ1) is 13.2. The van der Waals surface area contributed by atoms with Gasteiger partial charge in [0, 0.05) is 19.3 Å². The van der Waals surface area contributed by atoms with Crippen molar-refractivity contribution in [3.8, 4) is 0 Å². The number of aromatic carboxylic acids is 1. The van der Waals surface area contributed by atoms with E-state index in [2.05, 4.69) is 22.1 Å². The average Bonchev–Trinajstić information content (AvgIpc) is 2.30. The SMILES string of the molecule is CCN(C)CCNc1ncc(C(=O)O)cc1N. The highest BCUT2D eigenvalue weighted by Crippen LogP contribution is 2.15. The van der Waals surface area contributed by atoms with Crippen LogP contribution in [0.25, 0.3) is 0 Å².